The van der Waals surface area contributed by atoms with Gasteiger partial charge in [0.1, 0.15) is 0 Å². The number of fused-ring (bicyclic) bond motifs is 2. The van der Waals surface area contributed by atoms with Gasteiger partial charge in [0.2, 0.25) is 11.9 Å². The Morgan fingerprint density at radius 3 is 2.70 bits per heavy atom. The minimum Gasteiger partial charge on any atom is -0.378 e. The van der Waals surface area contributed by atoms with E-state index >= 15 is 0 Å². The Bertz CT molecular complexity index is 717. The Morgan fingerprint density at radius 2 is 1.96 bits per heavy atom. The molecule has 0 unspecified atom stereocenters. The molecule has 1 atom stereocenters. The maximum absolute atomic E-state index is 12.6. The normalized spacial score (nSPS) is 25.3. The topological polar surface area (TPSA) is 67.8 Å². The molecule has 7 nitrogen and oxygen atoms in total. The second kappa shape index (κ2) is 7.36. The van der Waals surface area contributed by atoms with Crippen LogP contribution < -0.4 is 4.90 Å². The molecule has 1 amide bonds. The Labute approximate surface area is 161 Å². The van der Waals surface area contributed by atoms with E-state index in [4.69, 9.17) is 19.4 Å². The van der Waals surface area contributed by atoms with Crippen LogP contribution in [0, 0.1) is 12.8 Å². The second-order valence-corrected chi connectivity index (χ2v) is 8.47. The molecule has 148 valence electrons. The maximum Gasteiger partial charge on any atom is 0.225 e. The van der Waals surface area contributed by atoms with Gasteiger partial charge in [0.15, 0.2) is 0 Å². The highest BCUT2D eigenvalue weighted by molar-refractivity contribution is 5.77. The number of ether oxygens (including phenoxy) is 2. The fourth-order valence-corrected chi connectivity index (χ4v) is 4.39. The lowest BCUT2D eigenvalue weighted by molar-refractivity contribution is -0.131. The van der Waals surface area contributed by atoms with Gasteiger partial charge in [-0.25, -0.2) is 9.97 Å². The van der Waals surface area contributed by atoms with Crippen LogP contribution in [0.25, 0.3) is 0 Å². The summed E-state index contributed by atoms with van der Waals surface area (Å²) < 4.78 is 11.4. The van der Waals surface area contributed by atoms with Gasteiger partial charge in [-0.2, -0.15) is 0 Å². The fourth-order valence-electron chi connectivity index (χ4n) is 4.39. The highest BCUT2D eigenvalue weighted by atomic mass is 16.5. The first kappa shape index (κ1) is 18.6. The summed E-state index contributed by atoms with van der Waals surface area (Å²) >= 11 is 0. The van der Waals surface area contributed by atoms with Crippen LogP contribution in [0.15, 0.2) is 0 Å². The average Bonchev–Trinajstić information content (AvgIpc) is 3.08. The predicted molar refractivity (Wildman–Crippen MR) is 102 cm³/mol. The molecule has 1 aromatic heterocycles. The minimum absolute atomic E-state index is 0.199. The summed E-state index contributed by atoms with van der Waals surface area (Å²) in [6.07, 6.45) is 1.51. The van der Waals surface area contributed by atoms with Crippen molar-refractivity contribution in [3.63, 3.8) is 0 Å². The van der Waals surface area contributed by atoms with Gasteiger partial charge in [0.25, 0.3) is 0 Å². The number of morpholine rings is 1. The standard InChI is InChI=1S/C20H30N4O3/c1-14(2)10-17(25)24-5-4-20(12-24)13-27-11-16-15(3)21-19(22-18(16)20)23-6-8-26-9-7-23/h14H,4-13H2,1-3H3/t20-/m1/s1. The molecule has 0 saturated carbocycles. The molecule has 7 heteroatoms. The Balaban J connectivity index is 1.64. The van der Waals surface area contributed by atoms with Crippen LogP contribution in [0.3, 0.4) is 0 Å². The molecule has 0 bridgehead atoms. The Morgan fingerprint density at radius 1 is 1.19 bits per heavy atom. The summed E-state index contributed by atoms with van der Waals surface area (Å²) in [5.41, 5.74) is 3.00. The molecule has 3 aliphatic heterocycles. The Hall–Kier alpha value is -1.73. The largest absolute Gasteiger partial charge is 0.378 e. The van der Waals surface area contributed by atoms with Gasteiger partial charge >= 0.3 is 0 Å². The molecule has 27 heavy (non-hydrogen) atoms. The number of anilines is 1. The number of hydrogen-bond acceptors (Lipinski definition) is 6. The van der Waals surface area contributed by atoms with E-state index < -0.39 is 0 Å². The van der Waals surface area contributed by atoms with Crippen LogP contribution >= 0.6 is 0 Å². The number of carbonyl (C=O) groups excluding carboxylic acids is 1. The first-order valence-electron chi connectivity index (χ1n) is 10.0. The van der Waals surface area contributed by atoms with Crippen molar-refractivity contribution in [1.82, 2.24) is 14.9 Å². The van der Waals surface area contributed by atoms with E-state index in [9.17, 15) is 4.79 Å². The average molecular weight is 374 g/mol. The lowest BCUT2D eigenvalue weighted by Gasteiger charge is -2.36. The SMILES string of the molecule is Cc1nc(N2CCOCC2)nc2c1COC[C@]21CCN(C(=O)CC(C)C)C1. The van der Waals surface area contributed by atoms with Crippen molar-refractivity contribution < 1.29 is 14.3 Å². The number of carbonyl (C=O) groups is 1. The van der Waals surface area contributed by atoms with Gasteiger partial charge < -0.3 is 19.3 Å². The van der Waals surface area contributed by atoms with Crippen molar-refractivity contribution in [3.8, 4) is 0 Å². The van der Waals surface area contributed by atoms with Crippen molar-refractivity contribution >= 4 is 11.9 Å². The van der Waals surface area contributed by atoms with Crippen LogP contribution in [0.2, 0.25) is 0 Å². The summed E-state index contributed by atoms with van der Waals surface area (Å²) in [6.45, 7) is 12.0. The van der Waals surface area contributed by atoms with Crippen LogP contribution in [-0.2, 0) is 26.3 Å². The molecule has 1 aromatic rings. The summed E-state index contributed by atoms with van der Waals surface area (Å²) in [5.74, 6) is 1.41. The van der Waals surface area contributed by atoms with E-state index in [0.29, 0.717) is 45.3 Å². The van der Waals surface area contributed by atoms with E-state index in [-0.39, 0.29) is 11.3 Å². The van der Waals surface area contributed by atoms with E-state index in [1.165, 1.54) is 0 Å². The molecule has 2 saturated heterocycles. The molecule has 4 heterocycles. The fraction of sp³-hybridized carbons (Fsp3) is 0.750. The van der Waals surface area contributed by atoms with Gasteiger partial charge in [-0.15, -0.1) is 0 Å². The lowest BCUT2D eigenvalue weighted by Crippen LogP contribution is -2.43. The van der Waals surface area contributed by atoms with Crippen LogP contribution in [0.5, 0.6) is 0 Å². The Kier molecular flexibility index (Phi) is 5.07. The quantitative estimate of drug-likeness (QED) is 0.802. The van der Waals surface area contributed by atoms with Crippen molar-refractivity contribution in [2.45, 2.75) is 45.6 Å². The van der Waals surface area contributed by atoms with Gasteiger partial charge in [0.05, 0.1) is 37.5 Å². The van der Waals surface area contributed by atoms with Crippen molar-refractivity contribution in [3.05, 3.63) is 17.0 Å². The zero-order valence-corrected chi connectivity index (χ0v) is 16.7. The number of rotatable bonds is 3. The zero-order chi connectivity index (χ0) is 19.0. The number of amides is 1. The van der Waals surface area contributed by atoms with Gasteiger partial charge in [0, 0.05) is 43.9 Å². The molecule has 3 aliphatic rings. The molecule has 4 rings (SSSR count). The second-order valence-electron chi connectivity index (χ2n) is 8.47. The van der Waals surface area contributed by atoms with Gasteiger partial charge in [-0.05, 0) is 19.3 Å². The monoisotopic (exact) mass is 374 g/mol. The van der Waals surface area contributed by atoms with Crippen molar-refractivity contribution in [2.24, 2.45) is 5.92 Å². The number of aryl methyl sites for hydroxylation is 1. The number of aromatic nitrogens is 2. The highest BCUT2D eigenvalue weighted by Crippen LogP contribution is 2.40. The third-order valence-corrected chi connectivity index (χ3v) is 5.91. The molecular weight excluding hydrogens is 344 g/mol. The van der Waals surface area contributed by atoms with Crippen LogP contribution in [-0.4, -0.2) is 66.8 Å². The zero-order valence-electron chi connectivity index (χ0n) is 16.7. The first-order chi connectivity index (χ1) is 13.0. The molecule has 1 spiro atoms. The molecule has 0 radical (unpaired) electrons. The molecule has 0 aromatic carbocycles. The van der Waals surface area contributed by atoms with Gasteiger partial charge in [-0.3, -0.25) is 4.79 Å². The van der Waals surface area contributed by atoms with Gasteiger partial charge in [-0.1, -0.05) is 13.8 Å². The first-order valence-corrected chi connectivity index (χ1v) is 10.0. The van der Waals surface area contributed by atoms with Crippen molar-refractivity contribution in [2.75, 3.05) is 50.9 Å². The minimum atomic E-state index is -0.199. The molecular formula is C20H30N4O3. The smallest absolute Gasteiger partial charge is 0.225 e. The summed E-state index contributed by atoms with van der Waals surface area (Å²) in [7, 11) is 0. The van der Waals surface area contributed by atoms with Crippen LogP contribution in [0.1, 0.15) is 43.6 Å². The number of hydrogen-bond donors (Lipinski definition) is 0. The van der Waals surface area contributed by atoms with Crippen LogP contribution in [0.4, 0.5) is 5.95 Å². The molecule has 0 N–H and O–H groups in total. The summed E-state index contributed by atoms with van der Waals surface area (Å²) in [5, 5.41) is 0. The number of likely N-dealkylation sites (tertiary alicyclic amines) is 1. The van der Waals surface area contributed by atoms with E-state index in [2.05, 4.69) is 18.7 Å². The third-order valence-electron chi connectivity index (χ3n) is 5.91. The lowest BCUT2D eigenvalue weighted by atomic mass is 9.80. The summed E-state index contributed by atoms with van der Waals surface area (Å²) in [6, 6.07) is 0. The maximum atomic E-state index is 12.6. The number of nitrogens with zero attached hydrogens (tertiary/aromatic N) is 4. The molecule has 0 aliphatic carbocycles. The van der Waals surface area contributed by atoms with E-state index in [0.717, 1.165) is 49.0 Å². The summed E-state index contributed by atoms with van der Waals surface area (Å²) in [4.78, 5) is 26.6. The van der Waals surface area contributed by atoms with E-state index in [1.54, 1.807) is 0 Å². The molecule has 2 fully saturated rings. The van der Waals surface area contributed by atoms with Crippen molar-refractivity contribution in [1.29, 1.82) is 0 Å². The highest BCUT2D eigenvalue weighted by Gasteiger charge is 2.46. The third kappa shape index (κ3) is 3.55. The predicted octanol–water partition coefficient (Wildman–Crippen LogP) is 1.67. The van der Waals surface area contributed by atoms with E-state index in [1.807, 2.05) is 11.8 Å².